The molecule has 1 heterocycles. The minimum atomic E-state index is 0.0860. The molecule has 0 spiro atoms. The molecule has 1 amide bonds. The maximum absolute atomic E-state index is 11.7. The third-order valence-corrected chi connectivity index (χ3v) is 4.08. The molecule has 1 saturated heterocycles. The number of methoxy groups -OCH3 is 1. The number of benzene rings is 1. The number of thioether (sulfide) groups is 1. The van der Waals surface area contributed by atoms with Gasteiger partial charge in [0.05, 0.1) is 24.6 Å². The summed E-state index contributed by atoms with van der Waals surface area (Å²) in [6.45, 7) is 1.06. The Bertz CT molecular complexity index is 479. The van der Waals surface area contributed by atoms with E-state index in [9.17, 15) is 4.79 Å². The molecule has 1 aliphatic heterocycles. The number of halogens is 1. The molecule has 0 N–H and O–H groups in total. The Hall–Kier alpha value is -0.850. The monoisotopic (exact) mass is 328 g/mol. The molecule has 0 bridgehead atoms. The highest BCUT2D eigenvalue weighted by Gasteiger charge is 2.27. The quantitative estimate of drug-likeness (QED) is 0.853. The highest BCUT2D eigenvalue weighted by molar-refractivity contribution is 9.10. The second kappa shape index (κ2) is 6.36. The summed E-state index contributed by atoms with van der Waals surface area (Å²) in [5.74, 6) is 0.537. The van der Waals surface area contributed by atoms with Gasteiger partial charge in [0, 0.05) is 11.6 Å². The van der Waals surface area contributed by atoms with Gasteiger partial charge in [0.2, 0.25) is 5.91 Å². The van der Waals surface area contributed by atoms with Crippen LogP contribution in [-0.2, 0) is 9.53 Å². The van der Waals surface area contributed by atoms with E-state index in [0.717, 1.165) is 15.3 Å². The van der Waals surface area contributed by atoms with Crippen molar-refractivity contribution >= 4 is 44.5 Å². The lowest BCUT2D eigenvalue weighted by Gasteiger charge is -2.15. The summed E-state index contributed by atoms with van der Waals surface area (Å²) >= 11 is 4.91. The summed E-state index contributed by atoms with van der Waals surface area (Å²) in [6, 6.07) is 7.70. The van der Waals surface area contributed by atoms with Crippen molar-refractivity contribution in [3.05, 3.63) is 28.7 Å². The first-order valence-corrected chi connectivity index (χ1v) is 7.25. The SMILES string of the molecule is COCCN1C(=O)CSC1=Nc1ccccc1Br. The fraction of sp³-hybridized carbons (Fsp3) is 0.333. The molecule has 6 heteroatoms. The molecule has 0 aliphatic carbocycles. The summed E-state index contributed by atoms with van der Waals surface area (Å²) in [7, 11) is 1.62. The molecule has 1 aromatic rings. The topological polar surface area (TPSA) is 41.9 Å². The van der Waals surface area contributed by atoms with E-state index in [1.165, 1.54) is 11.8 Å². The number of para-hydroxylation sites is 1. The minimum absolute atomic E-state index is 0.0860. The molecule has 96 valence electrons. The van der Waals surface area contributed by atoms with Crippen LogP contribution in [0.1, 0.15) is 0 Å². The van der Waals surface area contributed by atoms with Gasteiger partial charge in [0.25, 0.3) is 0 Å². The fourth-order valence-electron chi connectivity index (χ4n) is 1.53. The zero-order valence-corrected chi connectivity index (χ0v) is 12.3. The van der Waals surface area contributed by atoms with Crippen molar-refractivity contribution in [2.45, 2.75) is 0 Å². The fourth-order valence-corrected chi connectivity index (χ4v) is 2.82. The smallest absolute Gasteiger partial charge is 0.239 e. The Kier molecular flexibility index (Phi) is 4.79. The lowest BCUT2D eigenvalue weighted by Crippen LogP contribution is -2.32. The van der Waals surface area contributed by atoms with Gasteiger partial charge in [-0.25, -0.2) is 4.99 Å². The first-order valence-electron chi connectivity index (χ1n) is 5.47. The summed E-state index contributed by atoms with van der Waals surface area (Å²) in [5.41, 5.74) is 0.831. The van der Waals surface area contributed by atoms with Crippen molar-refractivity contribution in [2.24, 2.45) is 4.99 Å². The van der Waals surface area contributed by atoms with Crippen LogP contribution in [0.5, 0.6) is 0 Å². The average molecular weight is 329 g/mol. The van der Waals surface area contributed by atoms with Crippen LogP contribution in [0.25, 0.3) is 0 Å². The van der Waals surface area contributed by atoms with Gasteiger partial charge < -0.3 is 4.74 Å². The van der Waals surface area contributed by atoms with E-state index in [0.29, 0.717) is 18.9 Å². The van der Waals surface area contributed by atoms with E-state index < -0.39 is 0 Å². The summed E-state index contributed by atoms with van der Waals surface area (Å²) in [6.07, 6.45) is 0. The van der Waals surface area contributed by atoms with Crippen molar-refractivity contribution in [1.29, 1.82) is 0 Å². The highest BCUT2D eigenvalue weighted by atomic mass is 79.9. The predicted octanol–water partition coefficient (Wildman–Crippen LogP) is 2.66. The van der Waals surface area contributed by atoms with Crippen LogP contribution in [0, 0.1) is 0 Å². The lowest BCUT2D eigenvalue weighted by atomic mass is 10.3. The number of rotatable bonds is 4. The van der Waals surface area contributed by atoms with Crippen LogP contribution in [0.3, 0.4) is 0 Å². The zero-order valence-electron chi connectivity index (χ0n) is 9.93. The van der Waals surface area contributed by atoms with Crippen molar-refractivity contribution in [1.82, 2.24) is 4.90 Å². The molecule has 1 aliphatic rings. The molecule has 18 heavy (non-hydrogen) atoms. The number of amidine groups is 1. The van der Waals surface area contributed by atoms with E-state index in [-0.39, 0.29) is 5.91 Å². The minimum Gasteiger partial charge on any atom is -0.383 e. The van der Waals surface area contributed by atoms with E-state index >= 15 is 0 Å². The number of carbonyl (C=O) groups excluding carboxylic acids is 1. The van der Waals surface area contributed by atoms with Crippen molar-refractivity contribution in [3.8, 4) is 0 Å². The molecule has 4 nitrogen and oxygen atoms in total. The number of ether oxygens (including phenoxy) is 1. The van der Waals surface area contributed by atoms with Crippen LogP contribution in [-0.4, -0.2) is 42.0 Å². The van der Waals surface area contributed by atoms with Crippen LogP contribution >= 0.6 is 27.7 Å². The second-order valence-corrected chi connectivity index (χ2v) is 5.47. The Morgan fingerprint density at radius 1 is 1.50 bits per heavy atom. The zero-order chi connectivity index (χ0) is 13.0. The number of hydrogen-bond acceptors (Lipinski definition) is 4. The van der Waals surface area contributed by atoms with Gasteiger partial charge in [-0.15, -0.1) is 0 Å². The van der Waals surface area contributed by atoms with Gasteiger partial charge in [-0.1, -0.05) is 23.9 Å². The highest BCUT2D eigenvalue weighted by Crippen LogP contribution is 2.28. The average Bonchev–Trinajstić information content (AvgIpc) is 2.71. The molecular formula is C12H13BrN2O2S. The number of carbonyl (C=O) groups is 1. The van der Waals surface area contributed by atoms with Crippen LogP contribution in [0.15, 0.2) is 33.7 Å². The summed E-state index contributed by atoms with van der Waals surface area (Å²) in [5, 5.41) is 0.740. The predicted molar refractivity (Wildman–Crippen MR) is 77.3 cm³/mol. The first kappa shape index (κ1) is 13.6. The Labute approximate surface area is 119 Å². The molecule has 2 rings (SSSR count). The molecule has 0 unspecified atom stereocenters. The van der Waals surface area contributed by atoms with Crippen LogP contribution < -0.4 is 0 Å². The molecule has 0 atom stereocenters. The van der Waals surface area contributed by atoms with E-state index in [1.54, 1.807) is 12.0 Å². The van der Waals surface area contributed by atoms with E-state index in [2.05, 4.69) is 20.9 Å². The van der Waals surface area contributed by atoms with E-state index in [4.69, 9.17) is 4.74 Å². The Balaban J connectivity index is 2.21. The van der Waals surface area contributed by atoms with Gasteiger partial charge in [-0.2, -0.15) is 0 Å². The molecule has 0 saturated carbocycles. The number of hydrogen-bond donors (Lipinski definition) is 0. The third kappa shape index (κ3) is 3.13. The van der Waals surface area contributed by atoms with Gasteiger partial charge in [-0.05, 0) is 28.1 Å². The van der Waals surface area contributed by atoms with Crippen LogP contribution in [0.4, 0.5) is 5.69 Å². The van der Waals surface area contributed by atoms with Gasteiger partial charge in [0.1, 0.15) is 0 Å². The molecule has 1 aromatic carbocycles. The standard InChI is InChI=1S/C12H13BrN2O2S/c1-17-7-6-15-11(16)8-18-12(15)14-10-5-3-2-4-9(10)13/h2-5H,6-8H2,1H3. The maximum Gasteiger partial charge on any atom is 0.239 e. The molecule has 1 fully saturated rings. The number of nitrogens with zero attached hydrogens (tertiary/aromatic N) is 2. The third-order valence-electron chi connectivity index (χ3n) is 2.44. The van der Waals surface area contributed by atoms with Crippen molar-refractivity contribution < 1.29 is 9.53 Å². The Morgan fingerprint density at radius 2 is 2.28 bits per heavy atom. The lowest BCUT2D eigenvalue weighted by molar-refractivity contribution is -0.124. The molecular weight excluding hydrogens is 316 g/mol. The normalized spacial score (nSPS) is 17.8. The van der Waals surface area contributed by atoms with Gasteiger partial charge in [-0.3, -0.25) is 9.69 Å². The van der Waals surface area contributed by atoms with Gasteiger partial charge in [0.15, 0.2) is 5.17 Å². The Morgan fingerprint density at radius 3 is 3.00 bits per heavy atom. The first-order chi connectivity index (χ1) is 8.72. The molecule has 0 radical (unpaired) electrons. The van der Waals surface area contributed by atoms with E-state index in [1.807, 2.05) is 24.3 Å². The number of amides is 1. The molecule has 0 aromatic heterocycles. The number of aliphatic imine (C=N–C) groups is 1. The summed E-state index contributed by atoms with van der Waals surface area (Å²) in [4.78, 5) is 17.9. The van der Waals surface area contributed by atoms with Crippen molar-refractivity contribution in [2.75, 3.05) is 26.0 Å². The van der Waals surface area contributed by atoms with Crippen LogP contribution in [0.2, 0.25) is 0 Å². The summed E-state index contributed by atoms with van der Waals surface area (Å²) < 4.78 is 5.93. The largest absolute Gasteiger partial charge is 0.383 e. The second-order valence-electron chi connectivity index (χ2n) is 3.67. The maximum atomic E-state index is 11.7. The van der Waals surface area contributed by atoms with Crippen molar-refractivity contribution in [3.63, 3.8) is 0 Å². The van der Waals surface area contributed by atoms with Gasteiger partial charge >= 0.3 is 0 Å².